The van der Waals surface area contributed by atoms with Gasteiger partial charge in [0.05, 0.1) is 22.8 Å². The van der Waals surface area contributed by atoms with Gasteiger partial charge in [-0.1, -0.05) is 77.3 Å². The van der Waals surface area contributed by atoms with Gasteiger partial charge in [-0.25, -0.2) is 4.79 Å². The van der Waals surface area contributed by atoms with E-state index < -0.39 is 34.7 Å². The molecule has 1 aliphatic rings. The average Bonchev–Trinajstić information content (AvgIpc) is 3.08. The summed E-state index contributed by atoms with van der Waals surface area (Å²) in [5.74, 6) is -3.74. The number of methoxy groups -OCH3 is 1. The summed E-state index contributed by atoms with van der Waals surface area (Å²) in [5, 5.41) is 14.5. The van der Waals surface area contributed by atoms with Crippen molar-refractivity contribution in [3.63, 3.8) is 0 Å². The molecule has 3 aromatic carbocycles. The number of nitrogens with one attached hydrogen (secondary N) is 1. The molecular weight excluding hydrogens is 491 g/mol. The minimum atomic E-state index is -2.33. The summed E-state index contributed by atoms with van der Waals surface area (Å²) in [6.45, 7) is 1.86. The summed E-state index contributed by atoms with van der Waals surface area (Å²) in [7, 11) is 1.11. The molecule has 1 aliphatic heterocycles. The number of carbonyl (C=O) groups excluding carboxylic acids is 3. The molecular formula is C26H20Cl2N2O5. The lowest BCUT2D eigenvalue weighted by Crippen LogP contribution is -2.59. The average molecular weight is 511 g/mol. The minimum Gasteiger partial charge on any atom is -0.507 e. The molecule has 0 aliphatic carbocycles. The standard InChI is InChI=1S/C26H20Cl2N2O5/c1-15-11-13-16(14-12-15)22(31)20-23(32)24(33)30(17-7-4-3-5-8-17)26(20,25(34)35-2)29-21-18(27)9-6-10-19(21)28/h3-14,29,31H,1-2H3/t26-/m1/s1. The zero-order valence-electron chi connectivity index (χ0n) is 18.7. The van der Waals surface area contributed by atoms with Crippen molar-refractivity contribution in [2.24, 2.45) is 0 Å². The van der Waals surface area contributed by atoms with E-state index in [0.29, 0.717) is 0 Å². The normalized spacial score (nSPS) is 19.0. The van der Waals surface area contributed by atoms with Crippen LogP contribution in [0.5, 0.6) is 0 Å². The zero-order chi connectivity index (χ0) is 25.3. The Hall–Kier alpha value is -3.81. The summed E-state index contributed by atoms with van der Waals surface area (Å²) in [4.78, 5) is 41.4. The zero-order valence-corrected chi connectivity index (χ0v) is 20.2. The lowest BCUT2D eigenvalue weighted by Gasteiger charge is -2.37. The molecule has 0 unspecified atom stereocenters. The van der Waals surface area contributed by atoms with E-state index in [1.54, 1.807) is 60.7 Å². The topological polar surface area (TPSA) is 95.9 Å². The van der Waals surface area contributed by atoms with Gasteiger partial charge in [0.25, 0.3) is 11.4 Å². The van der Waals surface area contributed by atoms with Crippen molar-refractivity contribution in [1.29, 1.82) is 0 Å². The first-order chi connectivity index (χ1) is 16.7. The SMILES string of the molecule is COC(=O)[C@@]1(Nc2c(Cl)cccc2Cl)C(=C(O)c2ccc(C)cc2)C(=O)C(=O)N1c1ccccc1. The number of benzene rings is 3. The number of hydrogen-bond donors (Lipinski definition) is 2. The first kappa shape index (κ1) is 24.3. The minimum absolute atomic E-state index is 0.0684. The van der Waals surface area contributed by atoms with Crippen LogP contribution >= 0.6 is 23.2 Å². The van der Waals surface area contributed by atoms with Crippen LogP contribution in [0.3, 0.4) is 0 Å². The molecule has 1 atom stereocenters. The molecule has 2 N–H and O–H groups in total. The van der Waals surface area contributed by atoms with Crippen molar-refractivity contribution in [3.8, 4) is 0 Å². The second-order valence-electron chi connectivity index (χ2n) is 7.82. The van der Waals surface area contributed by atoms with Gasteiger partial charge in [0.1, 0.15) is 11.3 Å². The van der Waals surface area contributed by atoms with Crippen molar-refractivity contribution in [2.45, 2.75) is 12.6 Å². The molecule has 7 nitrogen and oxygen atoms in total. The molecule has 0 spiro atoms. The van der Waals surface area contributed by atoms with Crippen LogP contribution in [0.4, 0.5) is 11.4 Å². The van der Waals surface area contributed by atoms with Gasteiger partial charge in [0, 0.05) is 11.3 Å². The number of para-hydroxylation sites is 2. The third-order valence-electron chi connectivity index (χ3n) is 5.65. The molecule has 1 amide bonds. The number of Topliss-reactive ketones (excluding diaryl/α,β-unsaturated/α-hetero) is 1. The first-order valence-electron chi connectivity index (χ1n) is 10.5. The van der Waals surface area contributed by atoms with Gasteiger partial charge in [0.15, 0.2) is 0 Å². The molecule has 0 aromatic heterocycles. The van der Waals surface area contributed by atoms with Crippen molar-refractivity contribution in [1.82, 2.24) is 0 Å². The van der Waals surface area contributed by atoms with Crippen LogP contribution in [0.2, 0.25) is 10.0 Å². The molecule has 0 radical (unpaired) electrons. The number of hydrogen-bond acceptors (Lipinski definition) is 6. The lowest BCUT2D eigenvalue weighted by atomic mass is 9.93. The van der Waals surface area contributed by atoms with Crippen molar-refractivity contribution >= 4 is 58.0 Å². The van der Waals surface area contributed by atoms with Gasteiger partial charge in [0.2, 0.25) is 0 Å². The van der Waals surface area contributed by atoms with Crippen molar-refractivity contribution < 1.29 is 24.2 Å². The lowest BCUT2D eigenvalue weighted by molar-refractivity contribution is -0.145. The largest absolute Gasteiger partial charge is 0.507 e. The maximum atomic E-state index is 13.6. The van der Waals surface area contributed by atoms with E-state index >= 15 is 0 Å². The van der Waals surface area contributed by atoms with E-state index in [1.165, 1.54) is 12.1 Å². The van der Waals surface area contributed by atoms with Crippen molar-refractivity contribution in [3.05, 3.63) is 99.5 Å². The fourth-order valence-corrected chi connectivity index (χ4v) is 4.46. The molecule has 3 aromatic rings. The maximum absolute atomic E-state index is 13.6. The number of ketones is 1. The summed E-state index contributed by atoms with van der Waals surface area (Å²) >= 11 is 12.8. The van der Waals surface area contributed by atoms with Crippen LogP contribution in [0.1, 0.15) is 11.1 Å². The second kappa shape index (κ2) is 9.44. The Morgan fingerprint density at radius 2 is 1.54 bits per heavy atom. The number of rotatable bonds is 5. The molecule has 4 rings (SSSR count). The highest BCUT2D eigenvalue weighted by Crippen LogP contribution is 2.44. The van der Waals surface area contributed by atoms with Crippen LogP contribution < -0.4 is 10.2 Å². The summed E-state index contributed by atoms with van der Waals surface area (Å²) in [6.07, 6.45) is 0. The smallest absolute Gasteiger partial charge is 0.358 e. The molecule has 0 saturated carbocycles. The molecule has 9 heteroatoms. The fraction of sp³-hybridized carbons (Fsp3) is 0.115. The molecule has 1 fully saturated rings. The van der Waals surface area contributed by atoms with Crippen molar-refractivity contribution in [2.75, 3.05) is 17.3 Å². The Kier molecular flexibility index (Phi) is 6.56. The molecule has 1 saturated heterocycles. The number of amides is 1. The van der Waals surface area contributed by atoms with Gasteiger partial charge in [-0.05, 0) is 31.2 Å². The Morgan fingerprint density at radius 1 is 0.943 bits per heavy atom. The summed E-state index contributed by atoms with van der Waals surface area (Å²) in [5.41, 5.74) is -1.43. The van der Waals surface area contributed by atoms with E-state index in [1.807, 2.05) is 6.92 Å². The number of aryl methyl sites for hydroxylation is 1. The maximum Gasteiger partial charge on any atom is 0.358 e. The number of aliphatic hydroxyl groups is 1. The van der Waals surface area contributed by atoms with Gasteiger partial charge >= 0.3 is 11.9 Å². The van der Waals surface area contributed by atoms with Crippen LogP contribution in [0.25, 0.3) is 5.76 Å². The highest BCUT2D eigenvalue weighted by molar-refractivity contribution is 6.54. The molecule has 35 heavy (non-hydrogen) atoms. The van der Waals surface area contributed by atoms with E-state index in [9.17, 15) is 19.5 Å². The number of carbonyl (C=O) groups is 3. The predicted molar refractivity (Wildman–Crippen MR) is 134 cm³/mol. The van der Waals surface area contributed by atoms with Gasteiger partial charge in [-0.2, -0.15) is 0 Å². The summed E-state index contributed by atoms with van der Waals surface area (Å²) in [6, 6.07) is 19.3. The van der Waals surface area contributed by atoms with Crippen LogP contribution in [0.15, 0.2) is 78.4 Å². The number of nitrogens with zero attached hydrogens (tertiary/aromatic N) is 1. The Bertz CT molecular complexity index is 1340. The fourth-order valence-electron chi connectivity index (χ4n) is 3.97. The highest BCUT2D eigenvalue weighted by Gasteiger charge is 2.63. The number of ether oxygens (including phenoxy) is 1. The molecule has 1 heterocycles. The predicted octanol–water partition coefficient (Wildman–Crippen LogP) is 5.17. The Morgan fingerprint density at radius 3 is 2.11 bits per heavy atom. The van der Waals surface area contributed by atoms with E-state index in [0.717, 1.165) is 17.6 Å². The molecule has 178 valence electrons. The summed E-state index contributed by atoms with van der Waals surface area (Å²) < 4.78 is 5.09. The monoisotopic (exact) mass is 510 g/mol. The van der Waals surface area contributed by atoms with E-state index in [4.69, 9.17) is 27.9 Å². The van der Waals surface area contributed by atoms with E-state index in [2.05, 4.69) is 5.32 Å². The first-order valence-corrected chi connectivity index (χ1v) is 11.2. The van der Waals surface area contributed by atoms with Crippen LogP contribution in [-0.4, -0.2) is 35.5 Å². The molecule has 0 bridgehead atoms. The van der Waals surface area contributed by atoms with E-state index in [-0.39, 0.29) is 27.0 Å². The van der Waals surface area contributed by atoms with Crippen LogP contribution in [-0.2, 0) is 19.1 Å². The Labute approximate surface area is 211 Å². The highest BCUT2D eigenvalue weighted by atomic mass is 35.5. The quantitative estimate of drug-likeness (QED) is 0.213. The number of esters is 1. The second-order valence-corrected chi connectivity index (χ2v) is 8.63. The number of halogens is 2. The third kappa shape index (κ3) is 4.03. The third-order valence-corrected chi connectivity index (χ3v) is 6.28. The van der Waals surface area contributed by atoms with Gasteiger partial charge in [-0.3, -0.25) is 14.5 Å². The Balaban J connectivity index is 2.10. The number of aliphatic hydroxyl groups excluding tert-OH is 1. The van der Waals surface area contributed by atoms with Gasteiger partial charge < -0.3 is 15.2 Å². The number of anilines is 2. The van der Waals surface area contributed by atoms with Gasteiger partial charge in [-0.15, -0.1) is 0 Å². The van der Waals surface area contributed by atoms with Crippen LogP contribution in [0, 0.1) is 6.92 Å².